The summed E-state index contributed by atoms with van der Waals surface area (Å²) in [5.41, 5.74) is 1.91. The van der Waals surface area contributed by atoms with Crippen molar-refractivity contribution in [3.8, 4) is 11.5 Å². The van der Waals surface area contributed by atoms with Gasteiger partial charge in [-0.05, 0) is 56.1 Å². The van der Waals surface area contributed by atoms with Crippen molar-refractivity contribution in [1.82, 2.24) is 15.5 Å². The number of aliphatic hydroxyl groups is 2. The molecule has 1 heterocycles. The fourth-order valence-electron chi connectivity index (χ4n) is 4.44. The van der Waals surface area contributed by atoms with Crippen LogP contribution in [0.3, 0.4) is 0 Å². The molecule has 0 aliphatic rings. The monoisotopic (exact) mass is 718 g/mol. The number of non-ortho nitro benzene ring substituents is 1. The lowest BCUT2D eigenvalue weighted by Crippen LogP contribution is -2.44. The van der Waals surface area contributed by atoms with Crippen LogP contribution < -0.4 is 14.5 Å². The zero-order chi connectivity index (χ0) is 36.5. The lowest BCUT2D eigenvalue weighted by atomic mass is 10.0. The highest BCUT2D eigenvalue weighted by Crippen LogP contribution is 2.42. The van der Waals surface area contributed by atoms with E-state index >= 15 is 0 Å². The number of carbonyl (C=O) groups is 2. The van der Waals surface area contributed by atoms with Gasteiger partial charge in [-0.25, -0.2) is 4.79 Å². The van der Waals surface area contributed by atoms with Crippen LogP contribution in [0.2, 0.25) is 18.1 Å². The molecule has 2 unspecified atom stereocenters. The van der Waals surface area contributed by atoms with Gasteiger partial charge in [-0.2, -0.15) is 16.7 Å². The summed E-state index contributed by atoms with van der Waals surface area (Å²) in [6.07, 6.45) is -0.959. The van der Waals surface area contributed by atoms with Crippen molar-refractivity contribution in [1.29, 1.82) is 0 Å². The molecule has 0 radical (unpaired) electrons. The van der Waals surface area contributed by atoms with Crippen LogP contribution in [0.1, 0.15) is 78.4 Å². The Labute approximate surface area is 291 Å². The van der Waals surface area contributed by atoms with Crippen molar-refractivity contribution < 1.29 is 43.1 Å². The SMILES string of the molecule is COc1cc(O[Si](C)(C)C(C)(C)C)c(CSCC(NC(=O)CCC(O)CO)c2nc(C)no2)c(C(=O)OCc2ccc([N+](=O)[O-])cc2)c1C. The molecule has 0 saturated heterocycles. The van der Waals surface area contributed by atoms with Crippen molar-refractivity contribution in [3.63, 3.8) is 0 Å². The number of benzene rings is 2. The van der Waals surface area contributed by atoms with Crippen molar-refractivity contribution in [3.05, 3.63) is 74.4 Å². The summed E-state index contributed by atoms with van der Waals surface area (Å²) < 4.78 is 23.6. The molecule has 0 bridgehead atoms. The number of hydrogen-bond acceptors (Lipinski definition) is 13. The molecule has 0 spiro atoms. The van der Waals surface area contributed by atoms with Gasteiger partial charge in [-0.3, -0.25) is 14.9 Å². The second kappa shape index (κ2) is 17.1. The first-order valence-corrected chi connectivity index (χ1v) is 19.8. The largest absolute Gasteiger partial charge is 0.543 e. The summed E-state index contributed by atoms with van der Waals surface area (Å²) in [5.74, 6) is 1.07. The summed E-state index contributed by atoms with van der Waals surface area (Å²) in [6, 6.07) is 6.86. The van der Waals surface area contributed by atoms with Gasteiger partial charge in [0.15, 0.2) is 5.82 Å². The van der Waals surface area contributed by atoms with Crippen molar-refractivity contribution >= 4 is 37.6 Å². The lowest BCUT2D eigenvalue weighted by Gasteiger charge is -2.37. The molecule has 3 N–H and O–H groups in total. The Morgan fingerprint density at radius 1 is 1.16 bits per heavy atom. The first kappa shape index (κ1) is 39.4. The molecule has 0 fully saturated rings. The Hall–Kier alpha value is -3.99. The minimum Gasteiger partial charge on any atom is -0.543 e. The van der Waals surface area contributed by atoms with E-state index in [4.69, 9.17) is 23.5 Å². The molecule has 16 heteroatoms. The van der Waals surface area contributed by atoms with Gasteiger partial charge in [-0.15, -0.1) is 0 Å². The Morgan fingerprint density at radius 3 is 2.39 bits per heavy atom. The molecule has 3 aromatic rings. The summed E-state index contributed by atoms with van der Waals surface area (Å²) in [6.45, 7) is 13.4. The van der Waals surface area contributed by atoms with Gasteiger partial charge in [0.05, 0.1) is 30.3 Å². The van der Waals surface area contributed by atoms with Gasteiger partial charge in [0.25, 0.3) is 5.69 Å². The number of nitro benzene ring substituents is 1. The summed E-state index contributed by atoms with van der Waals surface area (Å²) in [4.78, 5) is 41.5. The maximum Gasteiger partial charge on any atom is 0.339 e. The molecule has 3 rings (SSSR count). The number of esters is 1. The van der Waals surface area contributed by atoms with Gasteiger partial charge in [0.1, 0.15) is 24.1 Å². The van der Waals surface area contributed by atoms with E-state index in [2.05, 4.69) is 49.3 Å². The normalized spacial score (nSPS) is 13.0. The number of ether oxygens (including phenoxy) is 2. The topological polar surface area (TPSA) is 196 Å². The number of hydrogen-bond donors (Lipinski definition) is 3. The number of nitrogens with one attached hydrogen (secondary N) is 1. The van der Waals surface area contributed by atoms with E-state index in [1.54, 1.807) is 19.9 Å². The molecule has 2 aromatic carbocycles. The van der Waals surface area contributed by atoms with Gasteiger partial charge in [0, 0.05) is 47.3 Å². The number of amides is 1. The third-order valence-corrected chi connectivity index (χ3v) is 13.7. The third-order valence-electron chi connectivity index (χ3n) is 8.34. The average molecular weight is 719 g/mol. The Kier molecular flexibility index (Phi) is 13.8. The van der Waals surface area contributed by atoms with Crippen LogP contribution in [0.25, 0.3) is 0 Å². The Balaban J connectivity index is 1.97. The minimum absolute atomic E-state index is 0.0249. The number of methoxy groups -OCH3 is 1. The highest BCUT2D eigenvalue weighted by molar-refractivity contribution is 7.98. The quantitative estimate of drug-likeness (QED) is 0.0679. The standard InChI is InChI=1S/C33H46N4O10SSi/c1-20-27(44-6)15-28(47-49(7,8)33(3,4)5)25(30(20)32(41)45-17-22-9-11-23(12-10-22)37(42)43)18-48-19-26(31-34-21(2)36-46-31)35-29(40)14-13-24(39)16-38/h9-12,15,24,26,38-39H,13-14,16-19H2,1-8H3,(H,35,40). The number of aromatic nitrogens is 2. The van der Waals surface area contributed by atoms with E-state index < -0.39 is 38.0 Å². The van der Waals surface area contributed by atoms with Crippen molar-refractivity contribution in [2.24, 2.45) is 0 Å². The molecule has 0 aliphatic carbocycles. The van der Waals surface area contributed by atoms with Gasteiger partial charge in [0.2, 0.25) is 20.1 Å². The van der Waals surface area contributed by atoms with Crippen LogP contribution in [-0.2, 0) is 21.9 Å². The second-order valence-electron chi connectivity index (χ2n) is 13.1. The molecule has 2 atom stereocenters. The van der Waals surface area contributed by atoms with E-state index in [1.165, 1.54) is 43.1 Å². The highest BCUT2D eigenvalue weighted by Gasteiger charge is 2.40. The molecular formula is C33H46N4O10SSi. The van der Waals surface area contributed by atoms with Crippen LogP contribution in [0.15, 0.2) is 34.9 Å². The second-order valence-corrected chi connectivity index (χ2v) is 18.9. The average Bonchev–Trinajstić information content (AvgIpc) is 3.48. The fourth-order valence-corrected chi connectivity index (χ4v) is 6.54. The van der Waals surface area contributed by atoms with E-state index in [0.29, 0.717) is 34.0 Å². The van der Waals surface area contributed by atoms with E-state index in [0.717, 1.165) is 0 Å². The van der Waals surface area contributed by atoms with Crippen LogP contribution in [0.4, 0.5) is 5.69 Å². The number of nitrogens with zero attached hydrogens (tertiary/aromatic N) is 3. The number of aryl methyl sites for hydroxylation is 1. The molecule has 0 saturated carbocycles. The van der Waals surface area contributed by atoms with Crippen molar-refractivity contribution in [2.75, 3.05) is 19.5 Å². The van der Waals surface area contributed by atoms with Crippen LogP contribution in [0.5, 0.6) is 11.5 Å². The molecular weight excluding hydrogens is 673 g/mol. The predicted molar refractivity (Wildman–Crippen MR) is 186 cm³/mol. The molecule has 0 aliphatic heterocycles. The first-order valence-electron chi connectivity index (χ1n) is 15.7. The summed E-state index contributed by atoms with van der Waals surface area (Å²) >= 11 is 1.40. The number of nitro groups is 1. The van der Waals surface area contributed by atoms with Gasteiger partial charge >= 0.3 is 5.97 Å². The fraction of sp³-hybridized carbons (Fsp3) is 0.515. The zero-order valence-corrected chi connectivity index (χ0v) is 31.0. The van der Waals surface area contributed by atoms with E-state index in [-0.39, 0.29) is 59.0 Å². The van der Waals surface area contributed by atoms with Crippen molar-refractivity contribution in [2.45, 2.75) is 90.1 Å². The summed E-state index contributed by atoms with van der Waals surface area (Å²) in [5, 5.41) is 36.4. The number of aliphatic hydroxyl groups excluding tert-OH is 2. The minimum atomic E-state index is -2.43. The molecule has 268 valence electrons. The first-order chi connectivity index (χ1) is 23.0. The smallest absolute Gasteiger partial charge is 0.339 e. The van der Waals surface area contributed by atoms with Crippen LogP contribution >= 0.6 is 11.8 Å². The maximum atomic E-state index is 13.9. The van der Waals surface area contributed by atoms with Crippen LogP contribution in [0, 0.1) is 24.0 Å². The number of carbonyl (C=O) groups excluding carboxylic acids is 2. The van der Waals surface area contributed by atoms with E-state index in [1.807, 2.05) is 0 Å². The zero-order valence-electron chi connectivity index (χ0n) is 29.2. The van der Waals surface area contributed by atoms with Gasteiger partial charge < -0.3 is 34.0 Å². The van der Waals surface area contributed by atoms with E-state index in [9.17, 15) is 24.8 Å². The third kappa shape index (κ3) is 10.7. The maximum absolute atomic E-state index is 13.9. The van der Waals surface area contributed by atoms with Crippen LogP contribution in [-0.4, -0.2) is 71.0 Å². The van der Waals surface area contributed by atoms with Gasteiger partial charge in [-0.1, -0.05) is 25.9 Å². The Morgan fingerprint density at radius 2 is 1.84 bits per heavy atom. The highest BCUT2D eigenvalue weighted by atomic mass is 32.2. The number of rotatable bonds is 17. The Bertz CT molecular complexity index is 1610. The summed E-state index contributed by atoms with van der Waals surface area (Å²) in [7, 11) is -0.917. The molecule has 1 aromatic heterocycles. The number of thioether (sulfide) groups is 1. The lowest BCUT2D eigenvalue weighted by molar-refractivity contribution is -0.384. The molecule has 1 amide bonds. The molecule has 14 nitrogen and oxygen atoms in total. The predicted octanol–water partition coefficient (Wildman–Crippen LogP) is 5.57. The molecule has 49 heavy (non-hydrogen) atoms.